The van der Waals surface area contributed by atoms with E-state index in [0.29, 0.717) is 12.3 Å². The summed E-state index contributed by atoms with van der Waals surface area (Å²) in [7, 11) is 1.59. The van der Waals surface area contributed by atoms with E-state index in [4.69, 9.17) is 4.74 Å². The molecule has 1 amide bonds. The van der Waals surface area contributed by atoms with E-state index in [1.807, 2.05) is 18.2 Å². The molecule has 0 aromatic heterocycles. The number of hydrogen-bond donors (Lipinski definition) is 2. The van der Waals surface area contributed by atoms with Gasteiger partial charge in [0, 0.05) is 29.6 Å². The number of amides is 1. The van der Waals surface area contributed by atoms with Crippen molar-refractivity contribution in [3.8, 4) is 5.75 Å². The summed E-state index contributed by atoms with van der Waals surface area (Å²) in [5.74, 6) is 0.680. The Morgan fingerprint density at radius 1 is 1.22 bits per heavy atom. The number of quaternary nitrogens is 1. The first-order chi connectivity index (χ1) is 13.0. The van der Waals surface area contributed by atoms with E-state index >= 15 is 0 Å². The predicted molar refractivity (Wildman–Crippen MR) is 102 cm³/mol. The first kappa shape index (κ1) is 18.7. The van der Waals surface area contributed by atoms with E-state index in [-0.39, 0.29) is 11.6 Å². The third kappa shape index (κ3) is 4.95. The molecule has 0 atom stereocenters. The van der Waals surface area contributed by atoms with E-state index in [0.717, 1.165) is 37.6 Å². The molecule has 27 heavy (non-hydrogen) atoms. The normalized spacial score (nSPS) is 14.6. The minimum atomic E-state index is -0.396. The largest absolute Gasteiger partial charge is 0.497 e. The van der Waals surface area contributed by atoms with Gasteiger partial charge in [0.1, 0.15) is 5.75 Å². The van der Waals surface area contributed by atoms with Gasteiger partial charge in [0.15, 0.2) is 6.54 Å². The Morgan fingerprint density at radius 3 is 2.56 bits per heavy atom. The standard InChI is InChI=1S/C19H22N4O4/c1-27-18-4-2-3-15(13-18)20-19(24)14-21-9-11-22(12-10-21)16-5-7-17(8-6-16)23(25)26/h2-8,13H,9-12,14H2,1H3,(H,20,24)/p+1. The number of nitro benzene ring substituents is 1. The third-order valence-corrected chi connectivity index (χ3v) is 4.66. The number of nitro groups is 1. The summed E-state index contributed by atoms with van der Waals surface area (Å²) >= 11 is 0. The fourth-order valence-corrected chi connectivity index (χ4v) is 3.18. The van der Waals surface area contributed by atoms with Gasteiger partial charge in [-0.3, -0.25) is 14.9 Å². The first-order valence-electron chi connectivity index (χ1n) is 8.82. The average molecular weight is 371 g/mol. The lowest BCUT2D eigenvalue weighted by Crippen LogP contribution is -3.15. The molecule has 2 aromatic rings. The Balaban J connectivity index is 1.48. The number of piperazine rings is 1. The number of carbonyl (C=O) groups is 1. The number of ether oxygens (including phenoxy) is 1. The Morgan fingerprint density at radius 2 is 1.93 bits per heavy atom. The molecule has 0 spiro atoms. The highest BCUT2D eigenvalue weighted by Crippen LogP contribution is 2.19. The van der Waals surface area contributed by atoms with E-state index in [2.05, 4.69) is 10.2 Å². The van der Waals surface area contributed by atoms with Crippen LogP contribution in [0.2, 0.25) is 0 Å². The average Bonchev–Trinajstić information content (AvgIpc) is 2.68. The topological polar surface area (TPSA) is 89.2 Å². The van der Waals surface area contributed by atoms with Crippen molar-refractivity contribution in [2.45, 2.75) is 0 Å². The van der Waals surface area contributed by atoms with Crippen LogP contribution < -0.4 is 19.9 Å². The molecule has 0 unspecified atom stereocenters. The number of methoxy groups -OCH3 is 1. The molecule has 142 valence electrons. The number of nitrogens with one attached hydrogen (secondary N) is 2. The highest BCUT2D eigenvalue weighted by Gasteiger charge is 2.22. The summed E-state index contributed by atoms with van der Waals surface area (Å²) < 4.78 is 5.16. The molecular formula is C19H23N4O4+. The van der Waals surface area contributed by atoms with Gasteiger partial charge in [0.05, 0.1) is 38.2 Å². The zero-order valence-electron chi connectivity index (χ0n) is 15.2. The van der Waals surface area contributed by atoms with Gasteiger partial charge in [-0.05, 0) is 24.3 Å². The molecule has 1 aliphatic rings. The molecular weight excluding hydrogens is 348 g/mol. The van der Waals surface area contributed by atoms with Gasteiger partial charge in [-0.25, -0.2) is 0 Å². The Labute approximate surface area is 157 Å². The number of nitrogens with zero attached hydrogens (tertiary/aromatic N) is 2. The molecule has 0 aliphatic carbocycles. The summed E-state index contributed by atoms with van der Waals surface area (Å²) in [6.07, 6.45) is 0. The lowest BCUT2D eigenvalue weighted by Gasteiger charge is -2.33. The first-order valence-corrected chi connectivity index (χ1v) is 8.82. The van der Waals surface area contributed by atoms with Crippen LogP contribution in [0.1, 0.15) is 0 Å². The molecule has 1 aliphatic heterocycles. The van der Waals surface area contributed by atoms with Crippen molar-refractivity contribution in [3.05, 3.63) is 58.6 Å². The molecule has 8 nitrogen and oxygen atoms in total. The maximum atomic E-state index is 12.3. The maximum absolute atomic E-state index is 12.3. The second-order valence-electron chi connectivity index (χ2n) is 6.47. The molecule has 0 saturated carbocycles. The molecule has 0 bridgehead atoms. The highest BCUT2D eigenvalue weighted by molar-refractivity contribution is 5.91. The summed E-state index contributed by atoms with van der Waals surface area (Å²) in [5.41, 5.74) is 1.79. The van der Waals surface area contributed by atoms with Crippen molar-refractivity contribution >= 4 is 23.0 Å². The predicted octanol–water partition coefficient (Wildman–Crippen LogP) is 0.947. The van der Waals surface area contributed by atoms with Gasteiger partial charge in [-0.1, -0.05) is 6.07 Å². The van der Waals surface area contributed by atoms with Crippen molar-refractivity contribution in [2.75, 3.05) is 50.1 Å². The fraction of sp³-hybridized carbons (Fsp3) is 0.316. The minimum Gasteiger partial charge on any atom is -0.497 e. The molecule has 0 radical (unpaired) electrons. The van der Waals surface area contributed by atoms with Gasteiger partial charge in [0.2, 0.25) is 0 Å². The number of anilines is 2. The van der Waals surface area contributed by atoms with Gasteiger partial charge < -0.3 is 19.9 Å². The quantitative estimate of drug-likeness (QED) is 0.583. The molecule has 1 fully saturated rings. The molecule has 1 heterocycles. The van der Waals surface area contributed by atoms with E-state index in [1.165, 1.54) is 17.0 Å². The highest BCUT2D eigenvalue weighted by atomic mass is 16.6. The van der Waals surface area contributed by atoms with Crippen LogP contribution >= 0.6 is 0 Å². The SMILES string of the molecule is COc1cccc(NC(=O)C[NH+]2CCN(c3ccc([N+](=O)[O-])cc3)CC2)c1. The van der Waals surface area contributed by atoms with Crippen molar-refractivity contribution < 1.29 is 19.4 Å². The summed E-state index contributed by atoms with van der Waals surface area (Å²) in [4.78, 5) is 26.0. The van der Waals surface area contributed by atoms with Crippen LogP contribution in [0.15, 0.2) is 48.5 Å². The van der Waals surface area contributed by atoms with E-state index in [9.17, 15) is 14.9 Å². The maximum Gasteiger partial charge on any atom is 0.279 e. The number of non-ortho nitro benzene ring substituents is 1. The van der Waals surface area contributed by atoms with Crippen molar-refractivity contribution in [1.82, 2.24) is 0 Å². The number of carbonyl (C=O) groups excluding carboxylic acids is 1. The van der Waals surface area contributed by atoms with Gasteiger partial charge >= 0.3 is 0 Å². The van der Waals surface area contributed by atoms with Gasteiger partial charge in [0.25, 0.3) is 11.6 Å². The summed E-state index contributed by atoms with van der Waals surface area (Å²) in [6.45, 7) is 3.69. The van der Waals surface area contributed by atoms with E-state index in [1.54, 1.807) is 25.3 Å². The van der Waals surface area contributed by atoms with Gasteiger partial charge in [-0.2, -0.15) is 0 Å². The van der Waals surface area contributed by atoms with Crippen LogP contribution in [0.25, 0.3) is 0 Å². The second kappa shape index (κ2) is 8.50. The fourth-order valence-electron chi connectivity index (χ4n) is 3.18. The van der Waals surface area contributed by atoms with Crippen LogP contribution in [-0.2, 0) is 4.79 Å². The summed E-state index contributed by atoms with van der Waals surface area (Å²) in [6, 6.07) is 13.9. The number of benzene rings is 2. The lowest BCUT2D eigenvalue weighted by molar-refractivity contribution is -0.892. The van der Waals surface area contributed by atoms with Crippen LogP contribution in [0.5, 0.6) is 5.75 Å². The smallest absolute Gasteiger partial charge is 0.279 e. The number of hydrogen-bond acceptors (Lipinski definition) is 5. The van der Waals surface area contributed by atoms with Crippen molar-refractivity contribution in [1.29, 1.82) is 0 Å². The monoisotopic (exact) mass is 371 g/mol. The zero-order chi connectivity index (χ0) is 19.2. The molecule has 2 N–H and O–H groups in total. The summed E-state index contributed by atoms with van der Waals surface area (Å²) in [5, 5.41) is 13.7. The molecule has 3 rings (SSSR count). The molecule has 1 saturated heterocycles. The van der Waals surface area contributed by atoms with Gasteiger partial charge in [-0.15, -0.1) is 0 Å². The third-order valence-electron chi connectivity index (χ3n) is 4.66. The Hall–Kier alpha value is -3.13. The van der Waals surface area contributed by atoms with Crippen LogP contribution in [0, 0.1) is 10.1 Å². The van der Waals surface area contributed by atoms with Crippen molar-refractivity contribution in [2.24, 2.45) is 0 Å². The lowest BCUT2D eigenvalue weighted by atomic mass is 10.2. The minimum absolute atomic E-state index is 0.0259. The van der Waals surface area contributed by atoms with Crippen LogP contribution in [0.3, 0.4) is 0 Å². The van der Waals surface area contributed by atoms with Crippen LogP contribution in [0.4, 0.5) is 17.1 Å². The van der Waals surface area contributed by atoms with Crippen LogP contribution in [-0.4, -0.2) is 50.7 Å². The Bertz CT molecular complexity index is 802. The second-order valence-corrected chi connectivity index (χ2v) is 6.47. The van der Waals surface area contributed by atoms with E-state index < -0.39 is 4.92 Å². The molecule has 2 aromatic carbocycles. The van der Waals surface area contributed by atoms with Crippen molar-refractivity contribution in [3.63, 3.8) is 0 Å². The number of rotatable bonds is 6. The zero-order valence-corrected chi connectivity index (χ0v) is 15.2. The molecule has 8 heteroatoms. The Kier molecular flexibility index (Phi) is 5.87.